The van der Waals surface area contributed by atoms with Crippen LogP contribution in [0.4, 0.5) is 5.69 Å². The summed E-state index contributed by atoms with van der Waals surface area (Å²) in [6.45, 7) is 2.15. The minimum Gasteiger partial charge on any atom is -0.497 e. The Kier molecular flexibility index (Phi) is 5.10. The average molecular weight is 432 g/mol. The van der Waals surface area contributed by atoms with Crippen LogP contribution >= 0.6 is 38.5 Å². The number of rotatable bonds is 4. The summed E-state index contributed by atoms with van der Waals surface area (Å²) in [5.41, 5.74) is 2.29. The lowest BCUT2D eigenvalue weighted by Gasteiger charge is -2.17. The van der Waals surface area contributed by atoms with Gasteiger partial charge in [0.15, 0.2) is 0 Å². The van der Waals surface area contributed by atoms with Gasteiger partial charge in [0, 0.05) is 20.2 Å². The van der Waals surface area contributed by atoms with Gasteiger partial charge in [0.2, 0.25) is 0 Å². The van der Waals surface area contributed by atoms with E-state index in [4.69, 9.17) is 4.74 Å². The van der Waals surface area contributed by atoms with Crippen molar-refractivity contribution in [2.24, 2.45) is 0 Å². The molecule has 100 valence electrons. The van der Waals surface area contributed by atoms with Gasteiger partial charge < -0.3 is 10.1 Å². The first-order valence-corrected chi connectivity index (χ1v) is 7.83. The molecule has 0 radical (unpaired) electrons. The van der Waals surface area contributed by atoms with Crippen LogP contribution in [0.2, 0.25) is 0 Å². The van der Waals surface area contributed by atoms with E-state index in [1.54, 1.807) is 7.11 Å². The Morgan fingerprint density at radius 3 is 2.47 bits per heavy atom. The third-order valence-electron chi connectivity index (χ3n) is 2.92. The van der Waals surface area contributed by atoms with Crippen LogP contribution in [0.15, 0.2) is 46.9 Å². The summed E-state index contributed by atoms with van der Waals surface area (Å²) >= 11 is 5.87. The highest BCUT2D eigenvalue weighted by atomic mass is 127. The van der Waals surface area contributed by atoms with Crippen molar-refractivity contribution in [3.05, 3.63) is 56.1 Å². The van der Waals surface area contributed by atoms with E-state index in [1.807, 2.05) is 18.2 Å². The molecule has 1 unspecified atom stereocenters. The molecule has 0 saturated carbocycles. The number of hydrogen-bond acceptors (Lipinski definition) is 2. The first-order chi connectivity index (χ1) is 9.10. The molecular weight excluding hydrogens is 417 g/mol. The van der Waals surface area contributed by atoms with Gasteiger partial charge in [-0.3, -0.25) is 0 Å². The number of ether oxygens (including phenoxy) is 1. The van der Waals surface area contributed by atoms with Crippen LogP contribution < -0.4 is 10.1 Å². The fourth-order valence-electron chi connectivity index (χ4n) is 1.81. The lowest BCUT2D eigenvalue weighted by molar-refractivity contribution is 0.415. The zero-order valence-corrected chi connectivity index (χ0v) is 14.5. The maximum atomic E-state index is 5.25. The van der Waals surface area contributed by atoms with Crippen molar-refractivity contribution >= 4 is 44.2 Å². The Morgan fingerprint density at radius 1 is 1.16 bits per heavy atom. The van der Waals surface area contributed by atoms with Crippen molar-refractivity contribution < 1.29 is 4.74 Å². The van der Waals surface area contributed by atoms with E-state index in [9.17, 15) is 0 Å². The molecule has 0 fully saturated rings. The second kappa shape index (κ2) is 6.61. The number of hydrogen-bond donors (Lipinski definition) is 1. The molecule has 2 nitrogen and oxygen atoms in total. The van der Waals surface area contributed by atoms with Gasteiger partial charge in [0.1, 0.15) is 5.75 Å². The number of halogens is 2. The third kappa shape index (κ3) is 3.86. The van der Waals surface area contributed by atoms with Crippen LogP contribution in [-0.4, -0.2) is 7.11 Å². The van der Waals surface area contributed by atoms with Gasteiger partial charge in [-0.25, -0.2) is 0 Å². The van der Waals surface area contributed by atoms with Gasteiger partial charge in [0.25, 0.3) is 0 Å². The van der Waals surface area contributed by atoms with Gasteiger partial charge in [-0.15, -0.1) is 0 Å². The minimum absolute atomic E-state index is 0.236. The Bertz CT molecular complexity index is 557. The molecule has 0 bridgehead atoms. The first kappa shape index (κ1) is 14.7. The summed E-state index contributed by atoms with van der Waals surface area (Å²) in [7, 11) is 1.68. The van der Waals surface area contributed by atoms with Crippen molar-refractivity contribution in [1.29, 1.82) is 0 Å². The van der Waals surface area contributed by atoms with E-state index >= 15 is 0 Å². The van der Waals surface area contributed by atoms with Gasteiger partial charge in [-0.1, -0.05) is 12.1 Å². The molecule has 0 aliphatic heterocycles. The first-order valence-electron chi connectivity index (χ1n) is 5.95. The fraction of sp³-hybridized carbons (Fsp3) is 0.200. The molecule has 2 aromatic carbocycles. The summed E-state index contributed by atoms with van der Waals surface area (Å²) in [6, 6.07) is 14.7. The maximum absolute atomic E-state index is 5.25. The number of methoxy groups -OCH3 is 1. The Morgan fingerprint density at radius 2 is 1.84 bits per heavy atom. The largest absolute Gasteiger partial charge is 0.497 e. The van der Waals surface area contributed by atoms with Crippen molar-refractivity contribution in [3.8, 4) is 5.75 Å². The number of anilines is 1. The molecule has 2 aromatic rings. The van der Waals surface area contributed by atoms with Gasteiger partial charge in [-0.2, -0.15) is 0 Å². The van der Waals surface area contributed by atoms with E-state index in [0.29, 0.717) is 0 Å². The zero-order chi connectivity index (χ0) is 13.8. The van der Waals surface area contributed by atoms with Gasteiger partial charge >= 0.3 is 0 Å². The second-order valence-corrected chi connectivity index (χ2v) is 6.36. The molecule has 1 atom stereocenters. The molecule has 19 heavy (non-hydrogen) atoms. The van der Waals surface area contributed by atoms with Crippen LogP contribution in [0.25, 0.3) is 0 Å². The van der Waals surface area contributed by atoms with E-state index in [2.05, 4.69) is 75.0 Å². The Hall–Kier alpha value is -0.750. The van der Waals surface area contributed by atoms with Crippen LogP contribution in [0, 0.1) is 3.57 Å². The number of nitrogens with one attached hydrogen (secondary N) is 1. The molecular formula is C15H15BrINO. The predicted molar refractivity (Wildman–Crippen MR) is 91.9 cm³/mol. The molecule has 0 aliphatic rings. The molecule has 0 saturated heterocycles. The van der Waals surface area contributed by atoms with Gasteiger partial charge in [-0.05, 0) is 75.3 Å². The monoisotopic (exact) mass is 431 g/mol. The zero-order valence-electron chi connectivity index (χ0n) is 10.8. The van der Waals surface area contributed by atoms with Crippen molar-refractivity contribution in [2.75, 3.05) is 12.4 Å². The van der Waals surface area contributed by atoms with E-state index in [-0.39, 0.29) is 6.04 Å². The van der Waals surface area contributed by atoms with Crippen LogP contribution in [0.3, 0.4) is 0 Å². The number of benzene rings is 2. The third-order valence-corrected chi connectivity index (χ3v) is 4.33. The van der Waals surface area contributed by atoms with E-state index in [0.717, 1.165) is 15.9 Å². The normalized spacial score (nSPS) is 12.0. The standard InChI is InChI=1S/C15H15BrINO/c1-10(11-3-5-12(17)6-4-11)18-15-9-13(19-2)7-8-14(15)16/h3-10,18H,1-2H3. The van der Waals surface area contributed by atoms with Crippen LogP contribution in [0.5, 0.6) is 5.75 Å². The summed E-state index contributed by atoms with van der Waals surface area (Å²) in [5, 5.41) is 3.49. The van der Waals surface area contributed by atoms with Crippen molar-refractivity contribution in [1.82, 2.24) is 0 Å². The van der Waals surface area contributed by atoms with E-state index in [1.165, 1.54) is 9.13 Å². The summed E-state index contributed by atoms with van der Waals surface area (Å²) in [4.78, 5) is 0. The lowest BCUT2D eigenvalue weighted by atomic mass is 10.1. The molecule has 0 heterocycles. The molecule has 0 amide bonds. The average Bonchev–Trinajstić information content (AvgIpc) is 2.42. The predicted octanol–water partition coefficient (Wildman–Crippen LogP) is 5.24. The molecule has 0 aromatic heterocycles. The second-order valence-electron chi connectivity index (χ2n) is 4.26. The highest BCUT2D eigenvalue weighted by Gasteiger charge is 2.08. The highest BCUT2D eigenvalue weighted by molar-refractivity contribution is 14.1. The topological polar surface area (TPSA) is 21.3 Å². The summed E-state index contributed by atoms with van der Waals surface area (Å²) in [5.74, 6) is 0.848. The Labute approximate surface area is 135 Å². The molecule has 1 N–H and O–H groups in total. The van der Waals surface area contributed by atoms with Crippen LogP contribution in [-0.2, 0) is 0 Å². The van der Waals surface area contributed by atoms with Crippen LogP contribution in [0.1, 0.15) is 18.5 Å². The SMILES string of the molecule is COc1ccc(Br)c(NC(C)c2ccc(I)cc2)c1. The molecule has 4 heteroatoms. The molecule has 2 rings (SSSR count). The lowest BCUT2D eigenvalue weighted by Crippen LogP contribution is -2.07. The van der Waals surface area contributed by atoms with Crippen molar-refractivity contribution in [3.63, 3.8) is 0 Å². The summed E-state index contributed by atoms with van der Waals surface area (Å²) in [6.07, 6.45) is 0. The summed E-state index contributed by atoms with van der Waals surface area (Å²) < 4.78 is 7.53. The smallest absolute Gasteiger partial charge is 0.121 e. The molecule has 0 spiro atoms. The minimum atomic E-state index is 0.236. The fourth-order valence-corrected chi connectivity index (χ4v) is 2.53. The van der Waals surface area contributed by atoms with Gasteiger partial charge in [0.05, 0.1) is 12.8 Å². The van der Waals surface area contributed by atoms with Crippen molar-refractivity contribution in [2.45, 2.75) is 13.0 Å². The quantitative estimate of drug-likeness (QED) is 0.668. The molecule has 0 aliphatic carbocycles. The Balaban J connectivity index is 2.18. The maximum Gasteiger partial charge on any atom is 0.121 e. The highest BCUT2D eigenvalue weighted by Crippen LogP contribution is 2.30. The van der Waals surface area contributed by atoms with E-state index < -0.39 is 0 Å².